The molecule has 2 atom stereocenters. The molecule has 11 nitrogen and oxygen atoms in total. The van der Waals surface area contributed by atoms with Gasteiger partial charge in [-0.1, -0.05) is 36.4 Å². The summed E-state index contributed by atoms with van der Waals surface area (Å²) in [5, 5.41) is 20.8. The smallest absolute Gasteiger partial charge is 0.407 e. The first-order chi connectivity index (χ1) is 17.7. The number of azo groups is 1. The number of carbonyl (C=O) groups excluding carboxylic acids is 2. The average molecular weight is 507 g/mol. The van der Waals surface area contributed by atoms with Gasteiger partial charge in [-0.05, 0) is 48.4 Å². The Kier molecular flexibility index (Phi) is 7.42. The van der Waals surface area contributed by atoms with Crippen LogP contribution in [0.3, 0.4) is 0 Å². The first kappa shape index (κ1) is 25.7. The molecule has 3 amide bonds. The molecule has 0 radical (unpaired) electrons. The van der Waals surface area contributed by atoms with E-state index in [0.29, 0.717) is 42.8 Å². The van der Waals surface area contributed by atoms with E-state index in [1.54, 1.807) is 24.3 Å². The molecule has 6 N–H and O–H groups in total. The number of hydrogen-bond acceptors (Lipinski definition) is 7. The van der Waals surface area contributed by atoms with E-state index in [0.717, 1.165) is 12.0 Å². The molecule has 0 aromatic heterocycles. The monoisotopic (exact) mass is 506 g/mol. The van der Waals surface area contributed by atoms with E-state index in [1.165, 1.54) is 12.0 Å². The minimum atomic E-state index is -1.21. The van der Waals surface area contributed by atoms with Gasteiger partial charge in [-0.25, -0.2) is 4.79 Å². The molecule has 194 valence electrons. The van der Waals surface area contributed by atoms with Crippen molar-refractivity contribution in [1.82, 2.24) is 10.2 Å². The zero-order valence-electron chi connectivity index (χ0n) is 20.5. The Morgan fingerprint density at radius 2 is 1.92 bits per heavy atom. The third-order valence-electron chi connectivity index (χ3n) is 6.85. The number of likely N-dealkylation sites (tertiary alicyclic amines) is 1. The molecule has 2 aromatic rings. The predicted octanol–water partition coefficient (Wildman–Crippen LogP) is 2.72. The van der Waals surface area contributed by atoms with Crippen LogP contribution in [-0.2, 0) is 16.9 Å². The minimum Gasteiger partial charge on any atom is -0.496 e. The van der Waals surface area contributed by atoms with Crippen LogP contribution in [0.1, 0.15) is 40.7 Å². The average Bonchev–Trinajstić information content (AvgIpc) is 3.24. The molecule has 2 heterocycles. The normalized spacial score (nSPS) is 21.1. The van der Waals surface area contributed by atoms with Gasteiger partial charge < -0.3 is 31.5 Å². The lowest BCUT2D eigenvalue weighted by Crippen LogP contribution is -2.42. The second kappa shape index (κ2) is 10.7. The summed E-state index contributed by atoms with van der Waals surface area (Å²) in [5.74, 6) is -0.608. The highest BCUT2D eigenvalue weighted by atomic mass is 16.5. The number of hydrogen-bond donors (Lipinski definition) is 4. The van der Waals surface area contributed by atoms with Crippen LogP contribution in [0.4, 0.5) is 4.79 Å². The summed E-state index contributed by atoms with van der Waals surface area (Å²) in [6, 6.07) is 14.2. The lowest BCUT2D eigenvalue weighted by atomic mass is 9.74. The Hall–Kier alpha value is -4.41. The molecule has 0 bridgehead atoms. The van der Waals surface area contributed by atoms with Crippen LogP contribution >= 0.6 is 0 Å². The van der Waals surface area contributed by atoms with Crippen LogP contribution in [0.25, 0.3) is 0 Å². The third-order valence-corrected chi connectivity index (χ3v) is 6.85. The molecule has 1 saturated heterocycles. The van der Waals surface area contributed by atoms with E-state index in [4.69, 9.17) is 16.2 Å². The van der Waals surface area contributed by atoms with Gasteiger partial charge in [0.05, 0.1) is 18.2 Å². The van der Waals surface area contributed by atoms with Crippen molar-refractivity contribution in [1.29, 1.82) is 0 Å². The van der Waals surface area contributed by atoms with Crippen LogP contribution in [0, 0.1) is 5.92 Å². The number of nitrogens with two attached hydrogens (primary N) is 2. The summed E-state index contributed by atoms with van der Waals surface area (Å²) >= 11 is 0. The zero-order valence-corrected chi connectivity index (χ0v) is 20.5. The molecule has 1 unspecified atom stereocenters. The van der Waals surface area contributed by atoms with E-state index < -0.39 is 17.5 Å². The molecular weight excluding hydrogens is 476 g/mol. The SMILES string of the molecule is COc1ccccc1C(=O)NCc1ccc(C2(C[C@@H]3CCCN(C(=O)O)C3)N=NC(N)=C2C(N)=O)cc1. The second-order valence-electron chi connectivity index (χ2n) is 9.21. The van der Waals surface area contributed by atoms with Crippen molar-refractivity contribution in [3.8, 4) is 5.75 Å². The second-order valence-corrected chi connectivity index (χ2v) is 9.21. The number of para-hydroxylation sites is 1. The first-order valence-corrected chi connectivity index (χ1v) is 12.0. The van der Waals surface area contributed by atoms with Crippen molar-refractivity contribution in [2.24, 2.45) is 27.6 Å². The molecule has 37 heavy (non-hydrogen) atoms. The van der Waals surface area contributed by atoms with Gasteiger partial charge in [0.2, 0.25) is 0 Å². The Morgan fingerprint density at radius 1 is 1.19 bits per heavy atom. The molecule has 11 heteroatoms. The fraction of sp³-hybridized carbons (Fsp3) is 0.346. The molecule has 0 aliphatic carbocycles. The molecule has 1 fully saturated rings. The van der Waals surface area contributed by atoms with Crippen molar-refractivity contribution in [3.05, 3.63) is 76.6 Å². The number of methoxy groups -OCH3 is 1. The Labute approximate surface area is 214 Å². The maximum atomic E-state index is 12.6. The van der Waals surface area contributed by atoms with E-state index in [9.17, 15) is 19.5 Å². The standard InChI is InChI=1S/C26H30N6O5/c1-37-20-7-3-2-6-19(20)24(34)29-14-16-8-10-18(11-9-16)26(21(23(28)33)22(27)30-31-26)13-17-5-4-12-32(15-17)25(35)36/h2-3,6-11,17H,4-5,12-15,27H2,1H3,(H2,28,33)(H,29,34)(H,35,36)/t17-,26?/m0/s1. The molecule has 0 saturated carbocycles. The number of benzene rings is 2. The fourth-order valence-corrected chi connectivity index (χ4v) is 5.08. The topological polar surface area (TPSA) is 173 Å². The van der Waals surface area contributed by atoms with Gasteiger partial charge in [-0.3, -0.25) is 9.59 Å². The number of rotatable bonds is 8. The molecule has 4 rings (SSSR count). The number of carboxylic acid groups (broad SMARTS) is 1. The first-order valence-electron chi connectivity index (χ1n) is 12.0. The number of carbonyl (C=O) groups is 3. The highest BCUT2D eigenvalue weighted by molar-refractivity contribution is 5.97. The van der Waals surface area contributed by atoms with Gasteiger partial charge in [-0.2, -0.15) is 5.11 Å². The van der Waals surface area contributed by atoms with Crippen LogP contribution in [0.2, 0.25) is 0 Å². The summed E-state index contributed by atoms with van der Waals surface area (Å²) in [6.45, 7) is 1.06. The summed E-state index contributed by atoms with van der Waals surface area (Å²) in [4.78, 5) is 38.0. The molecule has 2 aromatic carbocycles. The van der Waals surface area contributed by atoms with Crippen LogP contribution in [0.5, 0.6) is 5.75 Å². The highest BCUT2D eigenvalue weighted by Gasteiger charge is 2.47. The Morgan fingerprint density at radius 3 is 2.59 bits per heavy atom. The summed E-state index contributed by atoms with van der Waals surface area (Å²) in [5.41, 5.74) is 12.6. The van der Waals surface area contributed by atoms with Gasteiger partial charge in [0.25, 0.3) is 11.8 Å². The number of nitrogens with zero attached hydrogens (tertiary/aromatic N) is 3. The maximum Gasteiger partial charge on any atom is 0.407 e. The lowest BCUT2D eigenvalue weighted by Gasteiger charge is -2.36. The van der Waals surface area contributed by atoms with Crippen molar-refractivity contribution >= 4 is 17.9 Å². The maximum absolute atomic E-state index is 12.6. The van der Waals surface area contributed by atoms with Crippen molar-refractivity contribution < 1.29 is 24.2 Å². The van der Waals surface area contributed by atoms with Crippen molar-refractivity contribution in [2.45, 2.75) is 31.3 Å². The zero-order chi connectivity index (χ0) is 26.6. The summed E-state index contributed by atoms with van der Waals surface area (Å²) in [7, 11) is 1.51. The number of amides is 3. The number of piperidine rings is 1. The van der Waals surface area contributed by atoms with Crippen molar-refractivity contribution in [3.63, 3.8) is 0 Å². The van der Waals surface area contributed by atoms with Gasteiger partial charge >= 0.3 is 6.09 Å². The number of nitrogens with one attached hydrogen (secondary N) is 1. The van der Waals surface area contributed by atoms with E-state index in [1.807, 2.05) is 24.3 Å². The molecule has 2 aliphatic rings. The highest BCUT2D eigenvalue weighted by Crippen LogP contribution is 2.46. The Balaban J connectivity index is 1.56. The van der Waals surface area contributed by atoms with Crippen LogP contribution < -0.4 is 21.5 Å². The quantitative estimate of drug-likeness (QED) is 0.428. The van der Waals surface area contributed by atoms with Gasteiger partial charge in [0, 0.05) is 19.6 Å². The van der Waals surface area contributed by atoms with E-state index >= 15 is 0 Å². The predicted molar refractivity (Wildman–Crippen MR) is 134 cm³/mol. The summed E-state index contributed by atoms with van der Waals surface area (Å²) < 4.78 is 5.25. The van der Waals surface area contributed by atoms with Crippen molar-refractivity contribution in [2.75, 3.05) is 20.2 Å². The molecule has 2 aliphatic heterocycles. The van der Waals surface area contributed by atoms with Crippen LogP contribution in [0.15, 0.2) is 70.2 Å². The lowest BCUT2D eigenvalue weighted by molar-refractivity contribution is -0.115. The molecule has 0 spiro atoms. The van der Waals surface area contributed by atoms with Gasteiger partial charge in [-0.15, -0.1) is 5.11 Å². The number of primary amides is 1. The van der Waals surface area contributed by atoms with Gasteiger partial charge in [0.15, 0.2) is 5.82 Å². The van der Waals surface area contributed by atoms with E-state index in [2.05, 4.69) is 15.5 Å². The van der Waals surface area contributed by atoms with Gasteiger partial charge in [0.1, 0.15) is 11.3 Å². The third kappa shape index (κ3) is 5.25. The Bertz CT molecular complexity index is 1260. The van der Waals surface area contributed by atoms with E-state index in [-0.39, 0.29) is 29.8 Å². The fourth-order valence-electron chi connectivity index (χ4n) is 5.08. The summed E-state index contributed by atoms with van der Waals surface area (Å²) in [6.07, 6.45) is 0.847. The minimum absolute atomic E-state index is 0.0356. The van der Waals surface area contributed by atoms with Crippen LogP contribution in [-0.4, -0.2) is 48.1 Å². The number of ether oxygens (including phenoxy) is 1. The molecular formula is C26H30N6O5. The largest absolute Gasteiger partial charge is 0.496 e.